The van der Waals surface area contributed by atoms with Crippen molar-refractivity contribution in [2.45, 2.75) is 32.7 Å². The van der Waals surface area contributed by atoms with Crippen LogP contribution in [-0.4, -0.2) is 34.1 Å². The summed E-state index contributed by atoms with van der Waals surface area (Å²) in [6.07, 6.45) is 4.40. The van der Waals surface area contributed by atoms with Crippen molar-refractivity contribution in [3.63, 3.8) is 0 Å². The van der Waals surface area contributed by atoms with Gasteiger partial charge in [0.2, 0.25) is 0 Å². The van der Waals surface area contributed by atoms with E-state index in [2.05, 4.69) is 32.5 Å². The highest BCUT2D eigenvalue weighted by Crippen LogP contribution is 2.24. The molecule has 3 N–H and O–H groups in total. The predicted octanol–water partition coefficient (Wildman–Crippen LogP) is 1.74. The number of aryl methyl sites for hydroxylation is 2. The van der Waals surface area contributed by atoms with Gasteiger partial charge in [-0.15, -0.1) is 0 Å². The first kappa shape index (κ1) is 11.5. The number of aromatic amines is 1. The molecule has 1 unspecified atom stereocenters. The molecule has 1 atom stereocenters. The lowest BCUT2D eigenvalue weighted by Crippen LogP contribution is -2.38. The molecule has 0 amide bonds. The van der Waals surface area contributed by atoms with Crippen molar-refractivity contribution in [1.29, 1.82) is 0 Å². The lowest BCUT2D eigenvalue weighted by atomic mass is 10.1. The zero-order valence-electron chi connectivity index (χ0n) is 10.9. The molecule has 0 bridgehead atoms. The van der Waals surface area contributed by atoms with Crippen molar-refractivity contribution in [1.82, 2.24) is 20.3 Å². The summed E-state index contributed by atoms with van der Waals surface area (Å²) < 4.78 is 0. The van der Waals surface area contributed by atoms with Crippen molar-refractivity contribution < 1.29 is 0 Å². The maximum absolute atomic E-state index is 4.56. The van der Waals surface area contributed by atoms with Gasteiger partial charge in [0.15, 0.2) is 0 Å². The van der Waals surface area contributed by atoms with Gasteiger partial charge in [0.05, 0.1) is 5.39 Å². The quantitative estimate of drug-likeness (QED) is 0.754. The van der Waals surface area contributed by atoms with E-state index in [-0.39, 0.29) is 0 Å². The average Bonchev–Trinajstić information content (AvgIpc) is 2.72. The average molecular weight is 245 g/mol. The van der Waals surface area contributed by atoms with Crippen molar-refractivity contribution in [2.24, 2.45) is 0 Å². The molecular formula is C13H19N5. The van der Waals surface area contributed by atoms with Crippen LogP contribution in [0.15, 0.2) is 6.20 Å². The van der Waals surface area contributed by atoms with Gasteiger partial charge < -0.3 is 15.6 Å². The summed E-state index contributed by atoms with van der Waals surface area (Å²) in [6.45, 7) is 6.15. The highest BCUT2D eigenvalue weighted by atomic mass is 15.1. The molecule has 3 heterocycles. The van der Waals surface area contributed by atoms with Crippen LogP contribution < -0.4 is 10.6 Å². The largest absolute Gasteiger partial charge is 0.365 e. The molecule has 5 nitrogen and oxygen atoms in total. The summed E-state index contributed by atoms with van der Waals surface area (Å²) in [6, 6.07) is 0.463. The number of nitrogens with zero attached hydrogens (tertiary/aromatic N) is 2. The topological polar surface area (TPSA) is 65.6 Å². The third-order valence-electron chi connectivity index (χ3n) is 3.48. The van der Waals surface area contributed by atoms with Gasteiger partial charge >= 0.3 is 0 Å². The lowest BCUT2D eigenvalue weighted by molar-refractivity contribution is 0.479. The van der Waals surface area contributed by atoms with E-state index in [1.54, 1.807) is 0 Å². The number of anilines is 1. The van der Waals surface area contributed by atoms with Crippen LogP contribution in [-0.2, 0) is 0 Å². The Balaban J connectivity index is 1.96. The molecule has 0 aromatic carbocycles. The number of hydrogen-bond acceptors (Lipinski definition) is 4. The minimum atomic E-state index is 0.463. The van der Waals surface area contributed by atoms with Crippen LogP contribution in [0.4, 0.5) is 5.82 Å². The Kier molecular flexibility index (Phi) is 2.91. The second-order valence-corrected chi connectivity index (χ2v) is 5.00. The van der Waals surface area contributed by atoms with Crippen LogP contribution >= 0.6 is 0 Å². The van der Waals surface area contributed by atoms with Gasteiger partial charge in [-0.1, -0.05) is 0 Å². The van der Waals surface area contributed by atoms with Gasteiger partial charge in [0.1, 0.15) is 17.3 Å². The number of fused-ring (bicyclic) bond motifs is 1. The Morgan fingerprint density at radius 3 is 3.00 bits per heavy atom. The van der Waals surface area contributed by atoms with E-state index >= 15 is 0 Å². The van der Waals surface area contributed by atoms with Crippen LogP contribution in [0.1, 0.15) is 24.2 Å². The summed E-state index contributed by atoms with van der Waals surface area (Å²) >= 11 is 0. The molecule has 3 rings (SSSR count). The molecule has 0 aliphatic carbocycles. The molecule has 5 heteroatoms. The van der Waals surface area contributed by atoms with E-state index in [0.717, 1.165) is 35.8 Å². The van der Waals surface area contributed by atoms with Gasteiger partial charge in [0, 0.05) is 18.8 Å². The minimum Gasteiger partial charge on any atom is -0.365 e. The molecule has 1 saturated heterocycles. The number of hydrogen-bond donors (Lipinski definition) is 3. The fourth-order valence-corrected chi connectivity index (χ4v) is 2.57. The standard InChI is InChI=1S/C13H19N5/c1-8-6-15-12-11(8)13(17-9(2)16-12)18-10-4-3-5-14-7-10/h6,10,14H,3-5,7H2,1-2H3,(H2,15,16,17,18). The van der Waals surface area contributed by atoms with Crippen LogP contribution in [0.5, 0.6) is 0 Å². The molecule has 0 saturated carbocycles. The maximum Gasteiger partial charge on any atom is 0.143 e. The molecule has 2 aromatic rings. The Labute approximate surface area is 106 Å². The fourth-order valence-electron chi connectivity index (χ4n) is 2.57. The third-order valence-corrected chi connectivity index (χ3v) is 3.48. The highest BCUT2D eigenvalue weighted by Gasteiger charge is 2.16. The van der Waals surface area contributed by atoms with Gasteiger partial charge in [-0.2, -0.15) is 0 Å². The van der Waals surface area contributed by atoms with E-state index in [4.69, 9.17) is 0 Å². The second kappa shape index (κ2) is 4.57. The molecule has 1 aliphatic rings. The zero-order valence-corrected chi connectivity index (χ0v) is 10.9. The third kappa shape index (κ3) is 2.06. The molecule has 18 heavy (non-hydrogen) atoms. The van der Waals surface area contributed by atoms with Crippen LogP contribution in [0.25, 0.3) is 11.0 Å². The number of H-pyrrole nitrogens is 1. The Hall–Kier alpha value is -1.62. The Morgan fingerprint density at radius 2 is 2.22 bits per heavy atom. The molecule has 0 radical (unpaired) electrons. The Morgan fingerprint density at radius 1 is 1.33 bits per heavy atom. The van der Waals surface area contributed by atoms with Gasteiger partial charge in [0.25, 0.3) is 0 Å². The highest BCUT2D eigenvalue weighted by molar-refractivity contribution is 5.90. The smallest absolute Gasteiger partial charge is 0.143 e. The molecule has 1 aliphatic heterocycles. The number of piperidine rings is 1. The summed E-state index contributed by atoms with van der Waals surface area (Å²) in [5.41, 5.74) is 2.11. The van der Waals surface area contributed by atoms with Gasteiger partial charge in [-0.05, 0) is 38.8 Å². The first-order chi connectivity index (χ1) is 8.74. The van der Waals surface area contributed by atoms with Gasteiger partial charge in [-0.25, -0.2) is 9.97 Å². The van der Waals surface area contributed by atoms with Gasteiger partial charge in [-0.3, -0.25) is 0 Å². The predicted molar refractivity (Wildman–Crippen MR) is 72.9 cm³/mol. The number of nitrogens with one attached hydrogen (secondary N) is 3. The molecule has 0 spiro atoms. The summed E-state index contributed by atoms with van der Waals surface area (Å²) in [5.74, 6) is 1.76. The first-order valence-corrected chi connectivity index (χ1v) is 6.53. The minimum absolute atomic E-state index is 0.463. The van der Waals surface area contributed by atoms with E-state index in [1.165, 1.54) is 18.4 Å². The van der Waals surface area contributed by atoms with E-state index < -0.39 is 0 Å². The van der Waals surface area contributed by atoms with E-state index in [1.807, 2.05) is 13.1 Å². The number of aromatic nitrogens is 3. The van der Waals surface area contributed by atoms with Crippen LogP contribution in [0, 0.1) is 13.8 Å². The first-order valence-electron chi connectivity index (χ1n) is 6.53. The SMILES string of the molecule is Cc1nc(NC2CCCNC2)c2c(C)c[nH]c2n1. The van der Waals surface area contributed by atoms with Crippen LogP contribution in [0.2, 0.25) is 0 Å². The van der Waals surface area contributed by atoms with Crippen molar-refractivity contribution in [2.75, 3.05) is 18.4 Å². The van der Waals surface area contributed by atoms with E-state index in [9.17, 15) is 0 Å². The van der Waals surface area contributed by atoms with Crippen molar-refractivity contribution >= 4 is 16.9 Å². The summed E-state index contributed by atoms with van der Waals surface area (Å²) in [5, 5.41) is 8.09. The summed E-state index contributed by atoms with van der Waals surface area (Å²) in [7, 11) is 0. The Bertz CT molecular complexity index is 554. The fraction of sp³-hybridized carbons (Fsp3) is 0.538. The van der Waals surface area contributed by atoms with Crippen molar-refractivity contribution in [3.8, 4) is 0 Å². The summed E-state index contributed by atoms with van der Waals surface area (Å²) in [4.78, 5) is 12.2. The lowest BCUT2D eigenvalue weighted by Gasteiger charge is -2.24. The number of rotatable bonds is 2. The monoisotopic (exact) mass is 245 g/mol. The molecule has 96 valence electrons. The van der Waals surface area contributed by atoms with Crippen LogP contribution in [0.3, 0.4) is 0 Å². The van der Waals surface area contributed by atoms with Crippen molar-refractivity contribution in [3.05, 3.63) is 17.6 Å². The maximum atomic E-state index is 4.56. The second-order valence-electron chi connectivity index (χ2n) is 5.00. The normalized spacial score (nSPS) is 20.2. The molecule has 2 aromatic heterocycles. The zero-order chi connectivity index (χ0) is 12.5. The molecular weight excluding hydrogens is 226 g/mol. The molecule has 1 fully saturated rings. The van der Waals surface area contributed by atoms with E-state index in [0.29, 0.717) is 6.04 Å².